The van der Waals surface area contributed by atoms with Gasteiger partial charge >= 0.3 is 0 Å². The van der Waals surface area contributed by atoms with Gasteiger partial charge in [0.2, 0.25) is 0 Å². The summed E-state index contributed by atoms with van der Waals surface area (Å²) in [4.78, 5) is 0. The van der Waals surface area contributed by atoms with E-state index in [9.17, 15) is 0 Å². The van der Waals surface area contributed by atoms with Crippen LogP contribution in [0.25, 0.3) is 0 Å². The van der Waals surface area contributed by atoms with Gasteiger partial charge in [0, 0.05) is 11.0 Å². The predicted octanol–water partition coefficient (Wildman–Crippen LogP) is 5.44. The Balaban J connectivity index is 0.000000956. The Hall–Kier alpha value is -1.76. The molecule has 0 spiro atoms. The second-order valence-electron chi connectivity index (χ2n) is 5.05. The monoisotopic (exact) mass is 270 g/mol. The highest BCUT2D eigenvalue weighted by atomic mass is 16.5. The fourth-order valence-corrected chi connectivity index (χ4v) is 2.61. The number of hydrogen-bond donors (Lipinski definition) is 0. The number of fused-ring (bicyclic) bond motifs is 1. The van der Waals surface area contributed by atoms with Crippen LogP contribution in [-0.4, -0.2) is 6.61 Å². The first-order valence-corrected chi connectivity index (χ1v) is 7.32. The number of ether oxygens (including phenoxy) is 1. The summed E-state index contributed by atoms with van der Waals surface area (Å²) in [6, 6.07) is 8.25. The second-order valence-corrected chi connectivity index (χ2v) is 5.05. The molecule has 1 heterocycles. The molecule has 1 aromatic rings. The smallest absolute Gasteiger partial charge is 0.123 e. The topological polar surface area (TPSA) is 9.23 Å². The van der Waals surface area contributed by atoms with E-state index in [4.69, 9.17) is 4.74 Å². The molecule has 0 amide bonds. The van der Waals surface area contributed by atoms with Gasteiger partial charge in [0.05, 0.1) is 0 Å². The molecule has 0 radical (unpaired) electrons. The Morgan fingerprint density at radius 3 is 2.45 bits per heavy atom. The molecule has 1 aliphatic rings. The van der Waals surface area contributed by atoms with Gasteiger partial charge in [-0.1, -0.05) is 70.7 Å². The van der Waals surface area contributed by atoms with Crippen molar-refractivity contribution in [1.29, 1.82) is 0 Å². The lowest BCUT2D eigenvalue weighted by Crippen LogP contribution is -2.19. The van der Waals surface area contributed by atoms with Crippen LogP contribution in [0.5, 0.6) is 5.75 Å². The third-order valence-corrected chi connectivity index (χ3v) is 3.53. The van der Waals surface area contributed by atoms with Crippen molar-refractivity contribution in [3.05, 3.63) is 65.8 Å². The summed E-state index contributed by atoms with van der Waals surface area (Å²) < 4.78 is 5.92. The minimum absolute atomic E-state index is 0.0797. The maximum atomic E-state index is 5.92. The fourth-order valence-electron chi connectivity index (χ4n) is 2.61. The van der Waals surface area contributed by atoms with Crippen molar-refractivity contribution in [3.8, 4) is 5.75 Å². The van der Waals surface area contributed by atoms with Crippen LogP contribution in [-0.2, 0) is 5.41 Å². The summed E-state index contributed by atoms with van der Waals surface area (Å²) in [6.45, 7) is 15.1. The molecule has 108 valence electrons. The summed E-state index contributed by atoms with van der Waals surface area (Å²) in [6.07, 6.45) is 6.12. The van der Waals surface area contributed by atoms with Crippen LogP contribution in [0, 0.1) is 0 Å². The van der Waals surface area contributed by atoms with E-state index in [2.05, 4.69) is 38.6 Å². The largest absolute Gasteiger partial charge is 0.489 e. The fraction of sp³-hybridized carbons (Fsp3) is 0.368. The van der Waals surface area contributed by atoms with Gasteiger partial charge in [-0.3, -0.25) is 0 Å². The Labute approximate surface area is 123 Å². The third-order valence-electron chi connectivity index (χ3n) is 3.53. The average Bonchev–Trinajstić information content (AvgIpc) is 2.57. The van der Waals surface area contributed by atoms with Crippen LogP contribution in [0.3, 0.4) is 0 Å². The molecule has 1 nitrogen and oxygen atoms in total. The summed E-state index contributed by atoms with van der Waals surface area (Å²) in [7, 11) is 0. The van der Waals surface area contributed by atoms with Gasteiger partial charge in [-0.2, -0.15) is 0 Å². The van der Waals surface area contributed by atoms with Crippen LogP contribution in [0.4, 0.5) is 0 Å². The normalized spacial score (nSPS) is 16.6. The van der Waals surface area contributed by atoms with Crippen molar-refractivity contribution in [2.75, 3.05) is 6.61 Å². The van der Waals surface area contributed by atoms with Crippen molar-refractivity contribution in [1.82, 2.24) is 0 Å². The maximum absolute atomic E-state index is 5.92. The lowest BCUT2D eigenvalue weighted by atomic mass is 9.75. The highest BCUT2D eigenvalue weighted by molar-refractivity contribution is 5.52. The SMILES string of the molecule is C=CC1=C(/C=C\C)COc2ccccc2C1(C)C.CC. The molecule has 20 heavy (non-hydrogen) atoms. The van der Waals surface area contributed by atoms with Crippen molar-refractivity contribution in [3.63, 3.8) is 0 Å². The first-order valence-electron chi connectivity index (χ1n) is 7.32. The molecule has 0 unspecified atom stereocenters. The molecular formula is C19H26O. The molecule has 0 N–H and O–H groups in total. The Morgan fingerprint density at radius 1 is 1.20 bits per heavy atom. The van der Waals surface area contributed by atoms with Crippen LogP contribution < -0.4 is 4.74 Å². The molecule has 1 heteroatoms. The first-order chi connectivity index (χ1) is 9.61. The molecule has 2 rings (SSSR count). The lowest BCUT2D eigenvalue weighted by Gasteiger charge is -2.27. The number of hydrogen-bond acceptors (Lipinski definition) is 1. The molecule has 1 aromatic carbocycles. The zero-order chi connectivity index (χ0) is 15.2. The van der Waals surface area contributed by atoms with Gasteiger partial charge in [-0.25, -0.2) is 0 Å². The molecule has 0 atom stereocenters. The zero-order valence-electron chi connectivity index (χ0n) is 13.4. The summed E-state index contributed by atoms with van der Waals surface area (Å²) in [5.74, 6) is 0.973. The standard InChI is InChI=1S/C17H20O.C2H6/c1-5-9-13-12-18-16-11-8-7-10-15(16)17(3,4)14(13)6-2;1-2/h5-11H,2,12H2,1,3-4H3;1-2H3/b9-5-;. The molecule has 0 fully saturated rings. The third kappa shape index (κ3) is 3.04. The van der Waals surface area contributed by atoms with Crippen LogP contribution in [0.1, 0.15) is 40.2 Å². The van der Waals surface area contributed by atoms with E-state index >= 15 is 0 Å². The highest BCUT2D eigenvalue weighted by Gasteiger charge is 2.31. The average molecular weight is 270 g/mol. The van der Waals surface area contributed by atoms with Crippen molar-refractivity contribution < 1.29 is 4.74 Å². The Morgan fingerprint density at radius 2 is 1.85 bits per heavy atom. The highest BCUT2D eigenvalue weighted by Crippen LogP contribution is 2.41. The van der Waals surface area contributed by atoms with Crippen LogP contribution in [0.15, 0.2) is 60.2 Å². The quantitative estimate of drug-likeness (QED) is 0.695. The van der Waals surface area contributed by atoms with E-state index in [1.165, 1.54) is 16.7 Å². The Kier molecular flexibility index (Phi) is 5.82. The molecular weight excluding hydrogens is 244 g/mol. The Bertz CT molecular complexity index is 518. The van der Waals surface area contributed by atoms with Crippen molar-refractivity contribution in [2.24, 2.45) is 0 Å². The van der Waals surface area contributed by atoms with E-state index in [0.29, 0.717) is 6.61 Å². The zero-order valence-corrected chi connectivity index (χ0v) is 13.4. The van der Waals surface area contributed by atoms with E-state index in [-0.39, 0.29) is 5.41 Å². The van der Waals surface area contributed by atoms with E-state index in [1.807, 2.05) is 45.1 Å². The van der Waals surface area contributed by atoms with E-state index in [0.717, 1.165) is 5.75 Å². The van der Waals surface area contributed by atoms with E-state index < -0.39 is 0 Å². The molecule has 0 bridgehead atoms. The van der Waals surface area contributed by atoms with Crippen molar-refractivity contribution in [2.45, 2.75) is 40.0 Å². The van der Waals surface area contributed by atoms with Gasteiger partial charge in [-0.05, 0) is 24.1 Å². The summed E-state index contributed by atoms with van der Waals surface area (Å²) in [5.41, 5.74) is 3.59. The molecule has 1 aliphatic heterocycles. The maximum Gasteiger partial charge on any atom is 0.123 e. The minimum atomic E-state index is -0.0797. The van der Waals surface area contributed by atoms with Gasteiger partial charge in [0.25, 0.3) is 0 Å². The van der Waals surface area contributed by atoms with E-state index in [1.54, 1.807) is 0 Å². The van der Waals surface area contributed by atoms with Gasteiger partial charge in [-0.15, -0.1) is 0 Å². The van der Waals surface area contributed by atoms with Crippen LogP contribution >= 0.6 is 0 Å². The first kappa shape index (κ1) is 16.3. The van der Waals surface area contributed by atoms with Gasteiger partial charge in [0.15, 0.2) is 0 Å². The van der Waals surface area contributed by atoms with Crippen LogP contribution in [0.2, 0.25) is 0 Å². The van der Waals surface area contributed by atoms with Gasteiger partial charge < -0.3 is 4.74 Å². The second kappa shape index (κ2) is 7.14. The van der Waals surface area contributed by atoms with Gasteiger partial charge in [0.1, 0.15) is 12.4 Å². The number of benzene rings is 1. The molecule has 0 aliphatic carbocycles. The molecule has 0 aromatic heterocycles. The summed E-state index contributed by atoms with van der Waals surface area (Å²) in [5, 5.41) is 0. The predicted molar refractivity (Wildman–Crippen MR) is 88.3 cm³/mol. The molecule has 0 saturated carbocycles. The number of para-hydroxylation sites is 1. The summed E-state index contributed by atoms with van der Waals surface area (Å²) >= 11 is 0. The van der Waals surface area contributed by atoms with Crippen molar-refractivity contribution >= 4 is 0 Å². The molecule has 0 saturated heterocycles. The number of rotatable bonds is 2. The minimum Gasteiger partial charge on any atom is -0.489 e. The number of allylic oxidation sites excluding steroid dienone is 3. The lowest BCUT2D eigenvalue weighted by molar-refractivity contribution is 0.354.